The fourth-order valence-electron chi connectivity index (χ4n) is 3.98. The van der Waals surface area contributed by atoms with E-state index in [4.69, 9.17) is 16.3 Å². The monoisotopic (exact) mass is 490 g/mol. The van der Waals surface area contributed by atoms with E-state index in [9.17, 15) is 19.5 Å². The van der Waals surface area contributed by atoms with Crippen LogP contribution in [0.4, 0.5) is 5.69 Å². The SMILES string of the molecule is CCOC(=O)c1c(NC(=O)CCc2cccc(Cl)c2)ccc2c1c(C(=O)O)cn2-c1ccccc1. The highest BCUT2D eigenvalue weighted by molar-refractivity contribution is 6.30. The van der Waals surface area contributed by atoms with Crippen LogP contribution in [0.3, 0.4) is 0 Å². The Kier molecular flexibility index (Phi) is 7.17. The molecule has 0 radical (unpaired) electrons. The molecule has 0 spiro atoms. The number of amides is 1. The van der Waals surface area contributed by atoms with E-state index < -0.39 is 11.9 Å². The number of hydrogen-bond donors (Lipinski definition) is 2. The van der Waals surface area contributed by atoms with Crippen LogP contribution in [0.2, 0.25) is 5.02 Å². The maximum absolute atomic E-state index is 13.0. The van der Waals surface area contributed by atoms with Crippen molar-refractivity contribution in [2.45, 2.75) is 19.8 Å². The summed E-state index contributed by atoms with van der Waals surface area (Å²) in [5.41, 5.74) is 2.28. The molecule has 1 aromatic heterocycles. The van der Waals surface area contributed by atoms with Crippen LogP contribution in [0.25, 0.3) is 16.6 Å². The number of benzene rings is 3. The van der Waals surface area contributed by atoms with Gasteiger partial charge in [-0.05, 0) is 55.3 Å². The number of carbonyl (C=O) groups excluding carboxylic acids is 2. The highest BCUT2D eigenvalue weighted by Gasteiger charge is 2.26. The number of nitrogens with one attached hydrogen (secondary N) is 1. The van der Waals surface area contributed by atoms with Gasteiger partial charge in [-0.2, -0.15) is 0 Å². The molecular formula is C27H23ClN2O5. The lowest BCUT2D eigenvalue weighted by atomic mass is 10.0. The fraction of sp³-hybridized carbons (Fsp3) is 0.148. The van der Waals surface area contributed by atoms with E-state index in [0.717, 1.165) is 11.3 Å². The zero-order valence-electron chi connectivity index (χ0n) is 19.0. The Labute approximate surface area is 206 Å². The number of aromatic carboxylic acids is 1. The predicted octanol–water partition coefficient (Wildman–Crippen LogP) is 5.73. The number of carbonyl (C=O) groups is 3. The second kappa shape index (κ2) is 10.4. The first-order valence-electron chi connectivity index (χ1n) is 11.1. The van der Waals surface area contributed by atoms with Crippen molar-refractivity contribution in [2.24, 2.45) is 0 Å². The molecule has 178 valence electrons. The summed E-state index contributed by atoms with van der Waals surface area (Å²) < 4.78 is 6.94. The number of carboxylic acids is 1. The van der Waals surface area contributed by atoms with Crippen LogP contribution < -0.4 is 5.32 Å². The van der Waals surface area contributed by atoms with Gasteiger partial charge in [0.15, 0.2) is 0 Å². The van der Waals surface area contributed by atoms with Crippen LogP contribution >= 0.6 is 11.6 Å². The Balaban J connectivity index is 1.76. The lowest BCUT2D eigenvalue weighted by molar-refractivity contribution is -0.116. The number of anilines is 1. The molecule has 35 heavy (non-hydrogen) atoms. The van der Waals surface area contributed by atoms with Gasteiger partial charge in [0.05, 0.1) is 28.9 Å². The summed E-state index contributed by atoms with van der Waals surface area (Å²) in [6.07, 6.45) is 2.07. The van der Waals surface area contributed by atoms with E-state index in [1.165, 1.54) is 6.20 Å². The Morgan fingerprint density at radius 1 is 1.03 bits per heavy atom. The summed E-state index contributed by atoms with van der Waals surface area (Å²) in [6, 6.07) is 19.7. The zero-order chi connectivity index (χ0) is 24.9. The highest BCUT2D eigenvalue weighted by atomic mass is 35.5. The molecule has 0 saturated heterocycles. The molecule has 0 aliphatic heterocycles. The summed E-state index contributed by atoms with van der Waals surface area (Å²) in [6.45, 7) is 1.76. The minimum atomic E-state index is -1.19. The molecule has 3 aromatic carbocycles. The maximum atomic E-state index is 13.0. The van der Waals surface area contributed by atoms with Gasteiger partial charge in [-0.25, -0.2) is 9.59 Å². The van der Waals surface area contributed by atoms with Crippen molar-refractivity contribution in [3.05, 3.63) is 94.6 Å². The molecule has 2 N–H and O–H groups in total. The van der Waals surface area contributed by atoms with Gasteiger partial charge in [0.2, 0.25) is 5.91 Å². The number of rotatable bonds is 8. The van der Waals surface area contributed by atoms with Gasteiger partial charge in [-0.15, -0.1) is 0 Å². The summed E-state index contributed by atoms with van der Waals surface area (Å²) in [5.74, 6) is -2.23. The summed E-state index contributed by atoms with van der Waals surface area (Å²) in [5, 5.41) is 13.5. The number of ether oxygens (including phenoxy) is 1. The van der Waals surface area contributed by atoms with Gasteiger partial charge in [0.25, 0.3) is 0 Å². The van der Waals surface area contributed by atoms with Crippen LogP contribution in [0, 0.1) is 0 Å². The molecule has 1 amide bonds. The third-order valence-electron chi connectivity index (χ3n) is 5.52. The molecule has 8 heteroatoms. The molecule has 7 nitrogen and oxygen atoms in total. The third kappa shape index (κ3) is 5.20. The van der Waals surface area contributed by atoms with Gasteiger partial charge in [0, 0.05) is 28.7 Å². The molecule has 4 aromatic rings. The smallest absolute Gasteiger partial charge is 0.340 e. The molecule has 0 atom stereocenters. The number of hydrogen-bond acceptors (Lipinski definition) is 4. The Morgan fingerprint density at radius 2 is 1.80 bits per heavy atom. The van der Waals surface area contributed by atoms with Crippen LogP contribution in [-0.2, 0) is 16.0 Å². The molecule has 0 bridgehead atoms. The lowest BCUT2D eigenvalue weighted by Crippen LogP contribution is -2.17. The summed E-state index contributed by atoms with van der Waals surface area (Å²) in [7, 11) is 0. The van der Waals surface area contributed by atoms with E-state index in [0.29, 0.717) is 17.0 Å². The van der Waals surface area contributed by atoms with Gasteiger partial charge in [-0.1, -0.05) is 41.9 Å². The topological polar surface area (TPSA) is 97.6 Å². The van der Waals surface area contributed by atoms with Crippen molar-refractivity contribution in [3.8, 4) is 5.69 Å². The predicted molar refractivity (Wildman–Crippen MR) is 135 cm³/mol. The molecule has 0 fully saturated rings. The lowest BCUT2D eigenvalue weighted by Gasteiger charge is -2.13. The third-order valence-corrected chi connectivity index (χ3v) is 5.75. The van der Waals surface area contributed by atoms with Crippen molar-refractivity contribution in [1.82, 2.24) is 4.57 Å². The average Bonchev–Trinajstić information content (AvgIpc) is 3.23. The number of fused-ring (bicyclic) bond motifs is 1. The van der Waals surface area contributed by atoms with Crippen molar-refractivity contribution in [3.63, 3.8) is 0 Å². The number of aromatic nitrogens is 1. The second-order valence-corrected chi connectivity index (χ2v) is 8.27. The minimum Gasteiger partial charge on any atom is -0.478 e. The first kappa shape index (κ1) is 24.0. The summed E-state index contributed by atoms with van der Waals surface area (Å²) >= 11 is 6.02. The number of carboxylic acid groups (broad SMARTS) is 1. The molecule has 4 rings (SSSR count). The van der Waals surface area contributed by atoms with Crippen LogP contribution in [0.15, 0.2) is 72.9 Å². The Hall–Kier alpha value is -4.10. The van der Waals surface area contributed by atoms with Crippen molar-refractivity contribution < 1.29 is 24.2 Å². The zero-order valence-corrected chi connectivity index (χ0v) is 19.7. The molecule has 1 heterocycles. The molecular weight excluding hydrogens is 468 g/mol. The molecule has 0 aliphatic rings. The number of esters is 1. The fourth-order valence-corrected chi connectivity index (χ4v) is 4.19. The van der Waals surface area contributed by atoms with Crippen molar-refractivity contribution in [2.75, 3.05) is 11.9 Å². The van der Waals surface area contributed by atoms with Gasteiger partial charge in [-0.3, -0.25) is 4.79 Å². The first-order valence-corrected chi connectivity index (χ1v) is 11.4. The summed E-state index contributed by atoms with van der Waals surface area (Å²) in [4.78, 5) is 37.9. The van der Waals surface area contributed by atoms with Crippen LogP contribution in [-0.4, -0.2) is 34.1 Å². The largest absolute Gasteiger partial charge is 0.478 e. The van der Waals surface area contributed by atoms with Crippen molar-refractivity contribution >= 4 is 46.0 Å². The van der Waals surface area contributed by atoms with Crippen LogP contribution in [0.5, 0.6) is 0 Å². The first-order chi connectivity index (χ1) is 16.9. The number of aryl methyl sites for hydroxylation is 1. The number of halogens is 1. The van der Waals surface area contributed by atoms with E-state index >= 15 is 0 Å². The average molecular weight is 491 g/mol. The number of para-hydroxylation sites is 1. The van der Waals surface area contributed by atoms with E-state index in [1.807, 2.05) is 42.5 Å². The molecule has 0 unspecified atom stereocenters. The second-order valence-electron chi connectivity index (χ2n) is 7.83. The Bertz CT molecular complexity index is 1410. The quantitative estimate of drug-likeness (QED) is 0.307. The Morgan fingerprint density at radius 3 is 2.49 bits per heavy atom. The highest BCUT2D eigenvalue weighted by Crippen LogP contribution is 2.33. The van der Waals surface area contributed by atoms with E-state index in [2.05, 4.69) is 5.32 Å². The van der Waals surface area contributed by atoms with Gasteiger partial charge in [0.1, 0.15) is 0 Å². The number of nitrogens with zero attached hydrogens (tertiary/aromatic N) is 1. The van der Waals surface area contributed by atoms with Crippen molar-refractivity contribution in [1.29, 1.82) is 0 Å². The maximum Gasteiger partial charge on any atom is 0.340 e. The van der Waals surface area contributed by atoms with E-state index in [1.54, 1.807) is 35.8 Å². The minimum absolute atomic E-state index is 0.00698. The van der Waals surface area contributed by atoms with Gasteiger partial charge >= 0.3 is 11.9 Å². The van der Waals surface area contributed by atoms with Crippen LogP contribution in [0.1, 0.15) is 39.6 Å². The normalized spacial score (nSPS) is 10.8. The van der Waals surface area contributed by atoms with E-state index in [-0.39, 0.29) is 41.1 Å². The van der Waals surface area contributed by atoms with Gasteiger partial charge < -0.3 is 19.7 Å². The molecule has 0 saturated carbocycles. The standard InChI is InChI=1S/C27H23ClN2O5/c1-2-35-27(34)25-21(29-23(31)14-11-17-7-6-8-18(28)15-17)12-13-22-24(25)20(26(32)33)16-30(22)19-9-4-3-5-10-19/h3-10,12-13,15-16H,2,11,14H2,1H3,(H,29,31)(H,32,33). The molecule has 0 aliphatic carbocycles.